The molecule has 25 heavy (non-hydrogen) atoms. The molecule has 2 aromatic rings. The van der Waals surface area contributed by atoms with Gasteiger partial charge in [-0.05, 0) is 35.6 Å². The van der Waals surface area contributed by atoms with E-state index in [-0.39, 0.29) is 17.8 Å². The van der Waals surface area contributed by atoms with Crippen molar-refractivity contribution in [2.24, 2.45) is 0 Å². The molecule has 0 bridgehead atoms. The van der Waals surface area contributed by atoms with Crippen molar-refractivity contribution in [2.75, 3.05) is 6.54 Å². The molecule has 0 radical (unpaired) electrons. The number of hydrogen-bond donors (Lipinski definition) is 3. The molecule has 0 spiro atoms. The molecule has 1 aliphatic heterocycles. The highest BCUT2D eigenvalue weighted by Crippen LogP contribution is 2.32. The molecule has 3 N–H and O–H groups in total. The highest BCUT2D eigenvalue weighted by Gasteiger charge is 2.22. The number of unbranched alkanes of at least 4 members (excludes halogenated alkanes) is 3. The van der Waals surface area contributed by atoms with E-state index in [4.69, 9.17) is 0 Å². The fraction of sp³-hybridized carbons (Fsp3) is 0.381. The molecule has 0 aromatic heterocycles. The summed E-state index contributed by atoms with van der Waals surface area (Å²) < 4.78 is 0. The van der Waals surface area contributed by atoms with Crippen molar-refractivity contribution in [2.45, 2.75) is 45.1 Å². The molecule has 4 nitrogen and oxygen atoms in total. The number of hydrogen-bond acceptors (Lipinski definition) is 2. The van der Waals surface area contributed by atoms with E-state index in [1.807, 2.05) is 12.1 Å². The summed E-state index contributed by atoms with van der Waals surface area (Å²) in [5.74, 6) is 0.245. The summed E-state index contributed by atoms with van der Waals surface area (Å²) in [5, 5.41) is 16.0. The Balaban J connectivity index is 1.68. The number of carbonyl (C=O) groups excluding carboxylic acids is 1. The van der Waals surface area contributed by atoms with Crippen LogP contribution in [0.15, 0.2) is 42.5 Å². The van der Waals surface area contributed by atoms with E-state index in [1.54, 1.807) is 6.07 Å². The van der Waals surface area contributed by atoms with Crippen molar-refractivity contribution >= 4 is 6.03 Å². The molecule has 1 aliphatic rings. The predicted octanol–water partition coefficient (Wildman–Crippen LogP) is 4.54. The van der Waals surface area contributed by atoms with Gasteiger partial charge in [0.2, 0.25) is 0 Å². The Morgan fingerprint density at radius 1 is 1.08 bits per heavy atom. The van der Waals surface area contributed by atoms with Gasteiger partial charge in [-0.3, -0.25) is 0 Å². The van der Waals surface area contributed by atoms with Crippen LogP contribution in [0.3, 0.4) is 0 Å². The number of carbonyl (C=O) groups is 1. The van der Waals surface area contributed by atoms with Gasteiger partial charge in [0.05, 0.1) is 6.04 Å². The summed E-state index contributed by atoms with van der Waals surface area (Å²) in [6, 6.07) is 13.8. The van der Waals surface area contributed by atoms with Gasteiger partial charge < -0.3 is 15.7 Å². The fourth-order valence-corrected chi connectivity index (χ4v) is 3.27. The smallest absolute Gasteiger partial charge is 0.315 e. The standard InChI is InChI=1S/C21H26N2O2/c1-2-3-4-5-6-15-7-9-16(10-8-15)18-12-11-17(13-20(18)24)19-14-22-21(25)23-19/h7-13,19,24H,2-6,14H2,1H3,(H2,22,23,25). The number of benzene rings is 2. The Kier molecular flexibility index (Phi) is 5.59. The van der Waals surface area contributed by atoms with Crippen LogP contribution in [0.2, 0.25) is 0 Å². The van der Waals surface area contributed by atoms with Crippen molar-refractivity contribution < 1.29 is 9.90 Å². The molecule has 132 valence electrons. The summed E-state index contributed by atoms with van der Waals surface area (Å²) >= 11 is 0. The largest absolute Gasteiger partial charge is 0.507 e. The number of aromatic hydroxyl groups is 1. The molecule has 0 saturated carbocycles. The molecule has 1 fully saturated rings. The van der Waals surface area contributed by atoms with Crippen LogP contribution in [0, 0.1) is 0 Å². The molecule has 0 aliphatic carbocycles. The number of rotatable bonds is 7. The first kappa shape index (κ1) is 17.3. The first-order chi connectivity index (χ1) is 12.2. The Morgan fingerprint density at radius 2 is 1.88 bits per heavy atom. The van der Waals surface area contributed by atoms with Gasteiger partial charge in [0.25, 0.3) is 0 Å². The molecule has 1 saturated heterocycles. The number of nitrogens with one attached hydrogen (secondary N) is 2. The summed E-state index contributed by atoms with van der Waals surface area (Å²) in [5.41, 5.74) is 4.08. The molecule has 1 unspecified atom stereocenters. The van der Waals surface area contributed by atoms with Crippen molar-refractivity contribution in [1.82, 2.24) is 10.6 Å². The molecule has 4 heteroatoms. The van der Waals surface area contributed by atoms with Gasteiger partial charge in [0, 0.05) is 12.1 Å². The highest BCUT2D eigenvalue weighted by atomic mass is 16.3. The normalized spacial score (nSPS) is 16.5. The maximum atomic E-state index is 11.3. The van der Waals surface area contributed by atoms with E-state index in [0.29, 0.717) is 6.54 Å². The summed E-state index contributed by atoms with van der Waals surface area (Å²) in [4.78, 5) is 11.3. The minimum Gasteiger partial charge on any atom is -0.507 e. The Hall–Kier alpha value is -2.49. The quantitative estimate of drug-likeness (QED) is 0.649. The Labute approximate surface area is 149 Å². The zero-order chi connectivity index (χ0) is 17.6. The van der Waals surface area contributed by atoms with Crippen molar-refractivity contribution in [1.29, 1.82) is 0 Å². The molecule has 1 heterocycles. The topological polar surface area (TPSA) is 61.4 Å². The van der Waals surface area contributed by atoms with E-state index in [2.05, 4.69) is 41.8 Å². The lowest BCUT2D eigenvalue weighted by molar-refractivity contribution is 0.247. The molecule has 2 amide bonds. The third-order valence-corrected chi connectivity index (χ3v) is 4.78. The molecular formula is C21H26N2O2. The molecule has 3 rings (SSSR count). The Bertz CT molecular complexity index is 725. The maximum absolute atomic E-state index is 11.3. The first-order valence-electron chi connectivity index (χ1n) is 9.14. The molecule has 2 aromatic carbocycles. The predicted molar refractivity (Wildman–Crippen MR) is 101 cm³/mol. The van der Waals surface area contributed by atoms with Crippen molar-refractivity contribution in [3.8, 4) is 16.9 Å². The third kappa shape index (κ3) is 4.32. The van der Waals surface area contributed by atoms with E-state index in [0.717, 1.165) is 23.1 Å². The van der Waals surface area contributed by atoms with Crippen molar-refractivity contribution in [3.05, 3.63) is 53.6 Å². The van der Waals surface area contributed by atoms with Gasteiger partial charge in [0.1, 0.15) is 5.75 Å². The van der Waals surface area contributed by atoms with Gasteiger partial charge in [-0.15, -0.1) is 0 Å². The van der Waals surface area contributed by atoms with E-state index in [1.165, 1.54) is 31.2 Å². The van der Waals surface area contributed by atoms with Crippen LogP contribution in [0.25, 0.3) is 11.1 Å². The van der Waals surface area contributed by atoms with Gasteiger partial charge in [-0.2, -0.15) is 0 Å². The number of phenols is 1. The van der Waals surface area contributed by atoms with Crippen LogP contribution < -0.4 is 10.6 Å². The van der Waals surface area contributed by atoms with Gasteiger partial charge in [-0.25, -0.2) is 4.79 Å². The van der Waals surface area contributed by atoms with Gasteiger partial charge in [-0.1, -0.05) is 62.6 Å². The van der Waals surface area contributed by atoms with Crippen LogP contribution in [-0.4, -0.2) is 17.7 Å². The number of amides is 2. The second-order valence-electron chi connectivity index (χ2n) is 6.69. The van der Waals surface area contributed by atoms with Gasteiger partial charge >= 0.3 is 6.03 Å². The summed E-state index contributed by atoms with van der Waals surface area (Å²) in [6.07, 6.45) is 6.19. The monoisotopic (exact) mass is 338 g/mol. The van der Waals surface area contributed by atoms with Crippen LogP contribution in [-0.2, 0) is 6.42 Å². The average molecular weight is 338 g/mol. The Morgan fingerprint density at radius 3 is 2.52 bits per heavy atom. The lowest BCUT2D eigenvalue weighted by atomic mass is 9.98. The second-order valence-corrected chi connectivity index (χ2v) is 6.69. The van der Waals surface area contributed by atoms with E-state index < -0.39 is 0 Å². The minimum absolute atomic E-state index is 0.0852. The highest BCUT2D eigenvalue weighted by molar-refractivity contribution is 5.77. The lowest BCUT2D eigenvalue weighted by Crippen LogP contribution is -2.21. The molecular weight excluding hydrogens is 312 g/mol. The zero-order valence-corrected chi connectivity index (χ0v) is 14.7. The number of phenolic OH excluding ortho intramolecular Hbond substituents is 1. The van der Waals surface area contributed by atoms with E-state index in [9.17, 15) is 9.90 Å². The fourth-order valence-electron chi connectivity index (χ4n) is 3.27. The first-order valence-corrected chi connectivity index (χ1v) is 9.14. The van der Waals surface area contributed by atoms with E-state index >= 15 is 0 Å². The average Bonchev–Trinajstić information content (AvgIpc) is 3.06. The lowest BCUT2D eigenvalue weighted by Gasteiger charge is -2.12. The number of aryl methyl sites for hydroxylation is 1. The third-order valence-electron chi connectivity index (χ3n) is 4.78. The second kappa shape index (κ2) is 8.06. The molecule has 1 atom stereocenters. The van der Waals surface area contributed by atoms with Crippen LogP contribution in [0.1, 0.15) is 49.8 Å². The summed E-state index contributed by atoms with van der Waals surface area (Å²) in [6.45, 7) is 2.77. The zero-order valence-electron chi connectivity index (χ0n) is 14.7. The van der Waals surface area contributed by atoms with Crippen LogP contribution in [0.5, 0.6) is 5.75 Å². The summed E-state index contributed by atoms with van der Waals surface area (Å²) in [7, 11) is 0. The number of urea groups is 1. The van der Waals surface area contributed by atoms with Crippen LogP contribution in [0.4, 0.5) is 4.79 Å². The van der Waals surface area contributed by atoms with Crippen molar-refractivity contribution in [3.63, 3.8) is 0 Å². The SMILES string of the molecule is CCCCCCc1ccc(-c2ccc(C3CNC(=O)N3)cc2O)cc1. The van der Waals surface area contributed by atoms with Gasteiger partial charge in [0.15, 0.2) is 0 Å². The van der Waals surface area contributed by atoms with Crippen LogP contribution >= 0.6 is 0 Å². The minimum atomic E-state index is -0.164. The maximum Gasteiger partial charge on any atom is 0.315 e.